The molecule has 0 aliphatic carbocycles. The zero-order valence-corrected chi connectivity index (χ0v) is 12.8. The fourth-order valence-electron chi connectivity index (χ4n) is 1.71. The Labute approximate surface area is 133 Å². The Hall–Kier alpha value is -1.91. The molecule has 2 aromatic carbocycles. The molecule has 2 aromatic rings. The van der Waals surface area contributed by atoms with Crippen LogP contribution in [0.4, 0.5) is 16.2 Å². The largest absolute Gasteiger partial charge is 0.492 e. The summed E-state index contributed by atoms with van der Waals surface area (Å²) in [5.74, 6) is 0.615. The zero-order valence-electron chi connectivity index (χ0n) is 11.3. The number of amides is 2. The van der Waals surface area contributed by atoms with Crippen LogP contribution in [0.1, 0.15) is 6.92 Å². The molecule has 2 rings (SSSR count). The lowest BCUT2D eigenvalue weighted by Crippen LogP contribution is -2.19. The van der Waals surface area contributed by atoms with Gasteiger partial charge in [0.1, 0.15) is 5.75 Å². The molecule has 0 fully saturated rings. The predicted molar refractivity (Wildman–Crippen MR) is 86.7 cm³/mol. The summed E-state index contributed by atoms with van der Waals surface area (Å²) in [6.07, 6.45) is 0. The number of hydrogen-bond acceptors (Lipinski definition) is 2. The van der Waals surface area contributed by atoms with Crippen molar-refractivity contribution in [2.45, 2.75) is 6.92 Å². The second-order valence-corrected chi connectivity index (χ2v) is 4.95. The molecule has 0 bridgehead atoms. The normalized spacial score (nSPS) is 10.0. The van der Waals surface area contributed by atoms with E-state index >= 15 is 0 Å². The van der Waals surface area contributed by atoms with Crippen molar-refractivity contribution in [2.75, 3.05) is 17.2 Å². The SMILES string of the molecule is CCOc1ccccc1NC(=O)Nc1ccc(Cl)c(Cl)c1. The molecule has 0 unspecified atom stereocenters. The Morgan fingerprint density at radius 2 is 1.86 bits per heavy atom. The molecule has 0 aliphatic heterocycles. The minimum atomic E-state index is -0.388. The summed E-state index contributed by atoms with van der Waals surface area (Å²) in [4.78, 5) is 12.0. The average Bonchev–Trinajstić information content (AvgIpc) is 2.45. The Bertz CT molecular complexity index is 647. The van der Waals surface area contributed by atoms with E-state index in [0.717, 1.165) is 0 Å². The molecule has 21 heavy (non-hydrogen) atoms. The summed E-state index contributed by atoms with van der Waals surface area (Å²) in [7, 11) is 0. The lowest BCUT2D eigenvalue weighted by Gasteiger charge is -2.12. The maximum atomic E-state index is 12.0. The fraction of sp³-hybridized carbons (Fsp3) is 0.133. The first kappa shape index (κ1) is 15.5. The van der Waals surface area contributed by atoms with Crippen molar-refractivity contribution in [3.63, 3.8) is 0 Å². The molecular formula is C15H14Cl2N2O2. The van der Waals surface area contributed by atoms with Crippen LogP contribution < -0.4 is 15.4 Å². The van der Waals surface area contributed by atoms with E-state index in [4.69, 9.17) is 27.9 Å². The highest BCUT2D eigenvalue weighted by atomic mass is 35.5. The number of hydrogen-bond donors (Lipinski definition) is 2. The van der Waals surface area contributed by atoms with E-state index in [1.165, 1.54) is 0 Å². The van der Waals surface area contributed by atoms with Crippen LogP contribution >= 0.6 is 23.2 Å². The standard InChI is InChI=1S/C15H14Cl2N2O2/c1-2-21-14-6-4-3-5-13(14)19-15(20)18-10-7-8-11(16)12(17)9-10/h3-9H,2H2,1H3,(H2,18,19,20). The molecule has 0 radical (unpaired) electrons. The van der Waals surface area contributed by atoms with E-state index in [1.54, 1.807) is 30.3 Å². The molecular weight excluding hydrogens is 311 g/mol. The lowest BCUT2D eigenvalue weighted by atomic mass is 10.3. The third-order valence-electron chi connectivity index (χ3n) is 2.61. The van der Waals surface area contributed by atoms with Gasteiger partial charge in [-0.25, -0.2) is 4.79 Å². The van der Waals surface area contributed by atoms with Crippen LogP contribution in [0.15, 0.2) is 42.5 Å². The highest BCUT2D eigenvalue weighted by Gasteiger charge is 2.08. The van der Waals surface area contributed by atoms with Crippen LogP contribution in [0.5, 0.6) is 5.75 Å². The van der Waals surface area contributed by atoms with E-state index in [0.29, 0.717) is 33.8 Å². The van der Waals surface area contributed by atoms with Crippen molar-refractivity contribution < 1.29 is 9.53 Å². The van der Waals surface area contributed by atoms with E-state index in [-0.39, 0.29) is 6.03 Å². The first-order chi connectivity index (χ1) is 10.1. The van der Waals surface area contributed by atoms with Crippen LogP contribution in [0, 0.1) is 0 Å². The van der Waals surface area contributed by atoms with E-state index in [9.17, 15) is 4.79 Å². The zero-order chi connectivity index (χ0) is 15.2. The molecule has 0 saturated heterocycles. The third kappa shape index (κ3) is 4.28. The number of ether oxygens (including phenoxy) is 1. The second kappa shape index (κ2) is 7.20. The number of carbonyl (C=O) groups excluding carboxylic acids is 1. The van der Waals surface area contributed by atoms with E-state index in [1.807, 2.05) is 19.1 Å². The number of carbonyl (C=O) groups is 1. The summed E-state index contributed by atoms with van der Waals surface area (Å²) in [5.41, 5.74) is 1.15. The minimum Gasteiger partial charge on any atom is -0.492 e. The van der Waals surface area contributed by atoms with Crippen LogP contribution in [0.2, 0.25) is 10.0 Å². The summed E-state index contributed by atoms with van der Waals surface area (Å²) in [5, 5.41) is 6.22. The Balaban J connectivity index is 2.06. The molecule has 2 N–H and O–H groups in total. The van der Waals surface area contributed by atoms with Gasteiger partial charge in [-0.1, -0.05) is 35.3 Å². The second-order valence-electron chi connectivity index (χ2n) is 4.14. The van der Waals surface area contributed by atoms with Crippen molar-refractivity contribution in [2.24, 2.45) is 0 Å². The molecule has 0 aromatic heterocycles. The highest BCUT2D eigenvalue weighted by Crippen LogP contribution is 2.26. The molecule has 0 aliphatic rings. The van der Waals surface area contributed by atoms with Gasteiger partial charge in [0.2, 0.25) is 0 Å². The number of benzene rings is 2. The van der Waals surface area contributed by atoms with Crippen LogP contribution in [-0.4, -0.2) is 12.6 Å². The smallest absolute Gasteiger partial charge is 0.323 e. The Kier molecular flexibility index (Phi) is 5.31. The summed E-state index contributed by atoms with van der Waals surface area (Å²) < 4.78 is 5.44. The number of nitrogens with one attached hydrogen (secondary N) is 2. The molecule has 4 nitrogen and oxygen atoms in total. The van der Waals surface area contributed by atoms with Crippen molar-refractivity contribution >= 4 is 40.6 Å². The summed E-state index contributed by atoms with van der Waals surface area (Å²) >= 11 is 11.7. The Morgan fingerprint density at radius 1 is 1.10 bits per heavy atom. The third-order valence-corrected chi connectivity index (χ3v) is 3.35. The molecule has 2 amide bonds. The van der Waals surface area contributed by atoms with Gasteiger partial charge in [0.25, 0.3) is 0 Å². The number of anilines is 2. The van der Waals surface area contributed by atoms with Crippen LogP contribution in [0.25, 0.3) is 0 Å². The van der Waals surface area contributed by atoms with Crippen molar-refractivity contribution in [1.29, 1.82) is 0 Å². The fourth-order valence-corrected chi connectivity index (χ4v) is 2.01. The van der Waals surface area contributed by atoms with Gasteiger partial charge < -0.3 is 15.4 Å². The van der Waals surface area contributed by atoms with Crippen molar-refractivity contribution in [1.82, 2.24) is 0 Å². The lowest BCUT2D eigenvalue weighted by molar-refractivity contribution is 0.262. The highest BCUT2D eigenvalue weighted by molar-refractivity contribution is 6.42. The van der Waals surface area contributed by atoms with Gasteiger partial charge in [0.15, 0.2) is 0 Å². The summed E-state index contributed by atoms with van der Waals surface area (Å²) in [6.45, 7) is 2.40. The van der Waals surface area contributed by atoms with E-state index in [2.05, 4.69) is 10.6 Å². The number of urea groups is 1. The minimum absolute atomic E-state index is 0.379. The molecule has 110 valence electrons. The van der Waals surface area contributed by atoms with Crippen molar-refractivity contribution in [3.8, 4) is 5.75 Å². The van der Waals surface area contributed by atoms with Gasteiger partial charge in [-0.05, 0) is 37.3 Å². The van der Waals surface area contributed by atoms with Gasteiger partial charge in [-0.2, -0.15) is 0 Å². The number of rotatable bonds is 4. The van der Waals surface area contributed by atoms with Crippen LogP contribution in [0.3, 0.4) is 0 Å². The molecule has 0 saturated carbocycles. The molecule has 0 spiro atoms. The molecule has 0 atom stereocenters. The number of para-hydroxylation sites is 2. The van der Waals surface area contributed by atoms with Gasteiger partial charge in [0.05, 0.1) is 22.3 Å². The maximum Gasteiger partial charge on any atom is 0.323 e. The molecule has 0 heterocycles. The maximum absolute atomic E-state index is 12.0. The first-order valence-electron chi connectivity index (χ1n) is 6.35. The van der Waals surface area contributed by atoms with Crippen LogP contribution in [-0.2, 0) is 0 Å². The topological polar surface area (TPSA) is 50.4 Å². The number of halogens is 2. The average molecular weight is 325 g/mol. The predicted octanol–water partition coefficient (Wildman–Crippen LogP) is 5.04. The monoisotopic (exact) mass is 324 g/mol. The quantitative estimate of drug-likeness (QED) is 0.828. The summed E-state index contributed by atoms with van der Waals surface area (Å²) in [6, 6.07) is 11.7. The van der Waals surface area contributed by atoms with Gasteiger partial charge in [0, 0.05) is 5.69 Å². The van der Waals surface area contributed by atoms with Gasteiger partial charge in [-0.3, -0.25) is 0 Å². The van der Waals surface area contributed by atoms with Gasteiger partial charge in [-0.15, -0.1) is 0 Å². The molecule has 6 heteroatoms. The van der Waals surface area contributed by atoms with Crippen molar-refractivity contribution in [3.05, 3.63) is 52.5 Å². The van der Waals surface area contributed by atoms with Gasteiger partial charge >= 0.3 is 6.03 Å². The van der Waals surface area contributed by atoms with E-state index < -0.39 is 0 Å². The first-order valence-corrected chi connectivity index (χ1v) is 7.10. The Morgan fingerprint density at radius 3 is 2.57 bits per heavy atom.